The van der Waals surface area contributed by atoms with Crippen molar-refractivity contribution in [3.05, 3.63) is 79.4 Å². The molecule has 0 heterocycles. The fourth-order valence-corrected chi connectivity index (χ4v) is 2.48. The third kappa shape index (κ3) is 4.46. The van der Waals surface area contributed by atoms with Gasteiger partial charge in [-0.25, -0.2) is 0 Å². The minimum Gasteiger partial charge on any atom is -0.486 e. The van der Waals surface area contributed by atoms with Crippen LogP contribution in [0.5, 0.6) is 5.75 Å². The zero-order valence-corrected chi connectivity index (χ0v) is 13.2. The Hall–Kier alpha value is -2.55. The van der Waals surface area contributed by atoms with E-state index < -0.39 is 4.92 Å². The second-order valence-corrected chi connectivity index (χ2v) is 5.29. The lowest BCUT2D eigenvalue weighted by Gasteiger charge is -2.11. The van der Waals surface area contributed by atoms with Crippen LogP contribution in [-0.4, -0.2) is 4.92 Å². The molecule has 0 aliphatic heterocycles. The van der Waals surface area contributed by atoms with Crippen LogP contribution in [0, 0.1) is 21.4 Å². The Morgan fingerprint density at radius 3 is 2.52 bits per heavy atom. The molecule has 0 bridgehead atoms. The zero-order valence-electron chi connectivity index (χ0n) is 11.7. The maximum atomic E-state index is 10.3. The highest BCUT2D eigenvalue weighted by atomic mass is 35.5. The first-order valence-corrected chi connectivity index (χ1v) is 7.18. The molecule has 0 atom stereocenters. The Bertz CT molecular complexity index is 790. The summed E-state index contributed by atoms with van der Waals surface area (Å²) in [5.74, 6) is 0.263. The van der Waals surface area contributed by atoms with Crippen LogP contribution in [0.1, 0.15) is 16.7 Å². The molecule has 0 saturated heterocycles. The summed E-state index contributed by atoms with van der Waals surface area (Å²) in [4.78, 5) is 9.75. The van der Waals surface area contributed by atoms with Gasteiger partial charge in [0.15, 0.2) is 5.75 Å². The van der Waals surface area contributed by atoms with E-state index in [0.717, 1.165) is 6.20 Å². The molecule has 0 unspecified atom stereocenters. The molecular formula is C16H10Cl2N2O3. The number of nitrogens with zero attached hydrogens (tertiary/aromatic N) is 2. The van der Waals surface area contributed by atoms with Crippen LogP contribution in [0.3, 0.4) is 0 Å². The van der Waals surface area contributed by atoms with E-state index in [-0.39, 0.29) is 22.4 Å². The number of benzene rings is 2. The minimum atomic E-state index is -0.578. The van der Waals surface area contributed by atoms with Gasteiger partial charge in [0.05, 0.1) is 26.6 Å². The van der Waals surface area contributed by atoms with E-state index in [1.165, 1.54) is 18.2 Å². The maximum Gasteiger partial charge on any atom is 0.235 e. The summed E-state index contributed by atoms with van der Waals surface area (Å²) in [5, 5.41) is 19.8. The van der Waals surface area contributed by atoms with Gasteiger partial charge in [-0.1, -0.05) is 41.4 Å². The quantitative estimate of drug-likeness (QED) is 0.580. The van der Waals surface area contributed by atoms with E-state index in [2.05, 4.69) is 6.07 Å². The molecule has 5 nitrogen and oxygen atoms in total. The predicted octanol–water partition coefficient (Wildman–Crippen LogP) is 4.69. The van der Waals surface area contributed by atoms with E-state index in [1.807, 2.05) is 0 Å². The lowest BCUT2D eigenvalue weighted by Crippen LogP contribution is -1.99. The first kappa shape index (κ1) is 16.8. The van der Waals surface area contributed by atoms with Crippen molar-refractivity contribution in [1.82, 2.24) is 0 Å². The largest absolute Gasteiger partial charge is 0.486 e. The molecule has 0 aromatic heterocycles. The highest BCUT2D eigenvalue weighted by Crippen LogP contribution is 2.35. The summed E-state index contributed by atoms with van der Waals surface area (Å²) in [5.41, 5.74) is 1.70. The molecule has 0 aliphatic rings. The summed E-state index contributed by atoms with van der Waals surface area (Å²) in [6, 6.07) is 12.1. The van der Waals surface area contributed by atoms with Gasteiger partial charge >= 0.3 is 0 Å². The van der Waals surface area contributed by atoms with E-state index in [9.17, 15) is 10.1 Å². The van der Waals surface area contributed by atoms with Gasteiger partial charge < -0.3 is 4.74 Å². The van der Waals surface area contributed by atoms with Crippen molar-refractivity contribution < 1.29 is 9.66 Å². The predicted molar refractivity (Wildman–Crippen MR) is 88.0 cm³/mol. The van der Waals surface area contributed by atoms with Crippen LogP contribution >= 0.6 is 23.2 Å². The van der Waals surface area contributed by atoms with Gasteiger partial charge in [-0.15, -0.1) is 0 Å². The fourth-order valence-electron chi connectivity index (χ4n) is 1.87. The first-order valence-electron chi connectivity index (χ1n) is 6.43. The van der Waals surface area contributed by atoms with E-state index in [0.29, 0.717) is 16.7 Å². The Morgan fingerprint density at radius 2 is 1.91 bits per heavy atom. The number of ether oxygens (including phenoxy) is 1. The fraction of sp³-hybridized carbons (Fsp3) is 0.0625. The van der Waals surface area contributed by atoms with Gasteiger partial charge in [-0.2, -0.15) is 5.26 Å². The van der Waals surface area contributed by atoms with Crippen LogP contribution in [-0.2, 0) is 6.61 Å². The van der Waals surface area contributed by atoms with Gasteiger partial charge in [0.1, 0.15) is 6.61 Å². The Morgan fingerprint density at radius 1 is 1.26 bits per heavy atom. The normalized spacial score (nSPS) is 10.5. The molecule has 2 aromatic rings. The maximum absolute atomic E-state index is 10.3. The van der Waals surface area contributed by atoms with Crippen molar-refractivity contribution in [3.63, 3.8) is 0 Å². The summed E-state index contributed by atoms with van der Waals surface area (Å²) < 4.78 is 5.60. The van der Waals surface area contributed by atoms with E-state index >= 15 is 0 Å². The lowest BCUT2D eigenvalue weighted by atomic mass is 10.1. The van der Waals surface area contributed by atoms with Crippen molar-refractivity contribution >= 4 is 29.3 Å². The molecule has 116 valence electrons. The molecule has 0 amide bonds. The Labute approximate surface area is 142 Å². The van der Waals surface area contributed by atoms with E-state index in [4.69, 9.17) is 33.2 Å². The molecule has 2 rings (SSSR count). The average molecular weight is 349 g/mol. The third-order valence-corrected chi connectivity index (χ3v) is 3.48. The second kappa shape index (κ2) is 7.63. The molecule has 0 saturated carbocycles. The Balaban J connectivity index is 2.21. The summed E-state index contributed by atoms with van der Waals surface area (Å²) >= 11 is 12.2. The monoisotopic (exact) mass is 348 g/mol. The van der Waals surface area contributed by atoms with Crippen molar-refractivity contribution in [1.29, 1.82) is 5.26 Å². The highest BCUT2D eigenvalue weighted by Gasteiger charge is 2.11. The van der Waals surface area contributed by atoms with Crippen molar-refractivity contribution in [2.24, 2.45) is 0 Å². The second-order valence-electron chi connectivity index (χ2n) is 4.47. The van der Waals surface area contributed by atoms with Gasteiger partial charge in [0, 0.05) is 11.6 Å². The SMILES string of the molecule is N#Cc1ccccc1COc1c(Cl)cc(/C=C/[N+](=O)[O-])cc1Cl. The van der Waals surface area contributed by atoms with Crippen LogP contribution in [0.4, 0.5) is 0 Å². The summed E-state index contributed by atoms with van der Waals surface area (Å²) in [6.45, 7) is 0.132. The molecule has 0 N–H and O–H groups in total. The number of halogens is 2. The van der Waals surface area contributed by atoms with Crippen LogP contribution in [0.2, 0.25) is 10.0 Å². The minimum absolute atomic E-state index is 0.132. The molecule has 23 heavy (non-hydrogen) atoms. The van der Waals surface area contributed by atoms with Crippen molar-refractivity contribution in [2.45, 2.75) is 6.61 Å². The molecular weight excluding hydrogens is 339 g/mol. The van der Waals surface area contributed by atoms with Gasteiger partial charge in [-0.05, 0) is 23.8 Å². The molecule has 7 heteroatoms. The molecule has 0 fully saturated rings. The molecule has 2 aromatic carbocycles. The molecule has 0 aliphatic carbocycles. The zero-order chi connectivity index (χ0) is 16.8. The molecule has 0 radical (unpaired) electrons. The smallest absolute Gasteiger partial charge is 0.235 e. The van der Waals surface area contributed by atoms with Crippen LogP contribution in [0.15, 0.2) is 42.6 Å². The topological polar surface area (TPSA) is 76.2 Å². The van der Waals surface area contributed by atoms with Crippen molar-refractivity contribution in [3.8, 4) is 11.8 Å². The first-order chi connectivity index (χ1) is 11.0. The number of hydrogen-bond acceptors (Lipinski definition) is 4. The average Bonchev–Trinajstić information content (AvgIpc) is 2.52. The standard InChI is InChI=1S/C16H10Cl2N2O3/c17-14-7-11(5-6-20(21)22)8-15(18)16(14)23-10-13-4-2-1-3-12(13)9-19/h1-8H,10H2/b6-5+. The number of nitro groups is 1. The Kier molecular flexibility index (Phi) is 5.58. The number of rotatable bonds is 5. The van der Waals surface area contributed by atoms with Gasteiger partial charge in [0.25, 0.3) is 0 Å². The molecule has 0 spiro atoms. The van der Waals surface area contributed by atoms with Crippen molar-refractivity contribution in [2.75, 3.05) is 0 Å². The summed E-state index contributed by atoms with van der Waals surface area (Å²) in [6.07, 6.45) is 2.08. The van der Waals surface area contributed by atoms with E-state index in [1.54, 1.807) is 24.3 Å². The third-order valence-electron chi connectivity index (χ3n) is 2.92. The lowest BCUT2D eigenvalue weighted by molar-refractivity contribution is -0.400. The van der Waals surface area contributed by atoms with Gasteiger partial charge in [-0.3, -0.25) is 10.1 Å². The number of nitriles is 1. The summed E-state index contributed by atoms with van der Waals surface area (Å²) in [7, 11) is 0. The van der Waals surface area contributed by atoms with Crippen LogP contribution < -0.4 is 4.74 Å². The van der Waals surface area contributed by atoms with Crippen LogP contribution in [0.25, 0.3) is 6.08 Å². The highest BCUT2D eigenvalue weighted by molar-refractivity contribution is 6.37. The van der Waals surface area contributed by atoms with Gasteiger partial charge in [0.2, 0.25) is 6.20 Å². The number of hydrogen-bond donors (Lipinski definition) is 0.